The Morgan fingerprint density at radius 1 is 1.48 bits per heavy atom. The second-order valence-corrected chi connectivity index (χ2v) is 6.06. The Bertz CT molecular complexity index is 718. The molecule has 0 aliphatic carbocycles. The molecule has 0 fully saturated rings. The van der Waals surface area contributed by atoms with Gasteiger partial charge in [0.1, 0.15) is 0 Å². The van der Waals surface area contributed by atoms with Crippen molar-refractivity contribution in [1.82, 2.24) is 20.1 Å². The zero-order chi connectivity index (χ0) is 16.7. The van der Waals surface area contributed by atoms with E-state index in [0.717, 1.165) is 11.4 Å². The van der Waals surface area contributed by atoms with Crippen molar-refractivity contribution in [2.45, 2.75) is 23.9 Å². The van der Waals surface area contributed by atoms with Crippen LogP contribution >= 0.6 is 11.8 Å². The van der Waals surface area contributed by atoms with Gasteiger partial charge in [0.2, 0.25) is 5.91 Å². The lowest BCUT2D eigenvalue weighted by Crippen LogP contribution is -2.31. The number of amides is 1. The number of hydrogen-bond acceptors (Lipinski definition) is 4. The lowest BCUT2D eigenvalue weighted by molar-refractivity contribution is -0.120. The van der Waals surface area contributed by atoms with Crippen molar-refractivity contribution in [3.63, 3.8) is 0 Å². The fourth-order valence-electron chi connectivity index (χ4n) is 1.96. The number of aromatic nitrogens is 3. The smallest absolute Gasteiger partial charge is 0.234 e. The van der Waals surface area contributed by atoms with Crippen LogP contribution in [0.15, 0.2) is 48.1 Å². The van der Waals surface area contributed by atoms with Crippen molar-refractivity contribution in [1.29, 1.82) is 0 Å². The van der Waals surface area contributed by atoms with Gasteiger partial charge in [0.25, 0.3) is 0 Å². The van der Waals surface area contributed by atoms with Gasteiger partial charge < -0.3 is 5.32 Å². The van der Waals surface area contributed by atoms with Gasteiger partial charge in [-0.1, -0.05) is 54.1 Å². The SMILES string of the molecule is C#CCNC(=O)C(C)Sc1nnc(-c2ccccc2)n1CC=C. The van der Waals surface area contributed by atoms with E-state index in [-0.39, 0.29) is 17.7 Å². The largest absolute Gasteiger partial charge is 0.344 e. The third kappa shape index (κ3) is 4.24. The van der Waals surface area contributed by atoms with E-state index in [1.807, 2.05) is 41.8 Å². The van der Waals surface area contributed by atoms with Crippen LogP contribution in [0.25, 0.3) is 11.4 Å². The highest BCUT2D eigenvalue weighted by Gasteiger charge is 2.19. The lowest BCUT2D eigenvalue weighted by Gasteiger charge is -2.11. The van der Waals surface area contributed by atoms with Crippen LogP contribution in [-0.4, -0.2) is 32.5 Å². The number of carbonyl (C=O) groups is 1. The highest BCUT2D eigenvalue weighted by molar-refractivity contribution is 8.00. The van der Waals surface area contributed by atoms with Crippen molar-refractivity contribution >= 4 is 17.7 Å². The summed E-state index contributed by atoms with van der Waals surface area (Å²) in [5.74, 6) is 3.02. The van der Waals surface area contributed by atoms with Gasteiger partial charge in [0.15, 0.2) is 11.0 Å². The van der Waals surface area contributed by atoms with E-state index in [1.165, 1.54) is 11.8 Å². The molecule has 0 aliphatic rings. The number of benzene rings is 1. The van der Waals surface area contributed by atoms with Crippen LogP contribution in [0.3, 0.4) is 0 Å². The van der Waals surface area contributed by atoms with Crippen molar-refractivity contribution in [3.05, 3.63) is 43.0 Å². The van der Waals surface area contributed by atoms with Gasteiger partial charge >= 0.3 is 0 Å². The summed E-state index contributed by atoms with van der Waals surface area (Å²) in [5, 5.41) is 11.5. The molecule has 6 heteroatoms. The molecule has 5 nitrogen and oxygen atoms in total. The van der Waals surface area contributed by atoms with Crippen LogP contribution in [0.5, 0.6) is 0 Å². The number of thioether (sulfide) groups is 1. The van der Waals surface area contributed by atoms with E-state index in [1.54, 1.807) is 6.08 Å². The van der Waals surface area contributed by atoms with Crippen LogP contribution in [0, 0.1) is 12.3 Å². The summed E-state index contributed by atoms with van der Waals surface area (Å²) in [6.45, 7) is 6.38. The van der Waals surface area contributed by atoms with Crippen molar-refractivity contribution in [3.8, 4) is 23.7 Å². The topological polar surface area (TPSA) is 59.8 Å². The first kappa shape index (κ1) is 16.8. The number of nitrogens with zero attached hydrogens (tertiary/aromatic N) is 3. The van der Waals surface area contributed by atoms with E-state index >= 15 is 0 Å². The fourth-order valence-corrected chi connectivity index (χ4v) is 2.85. The maximum Gasteiger partial charge on any atom is 0.234 e. The zero-order valence-electron chi connectivity index (χ0n) is 12.9. The Hall–Kier alpha value is -2.52. The number of carbonyl (C=O) groups excluding carboxylic acids is 1. The molecule has 1 aromatic carbocycles. The molecule has 118 valence electrons. The molecule has 0 spiro atoms. The van der Waals surface area contributed by atoms with Gasteiger partial charge in [-0.15, -0.1) is 23.2 Å². The van der Waals surface area contributed by atoms with Crippen molar-refractivity contribution in [2.24, 2.45) is 0 Å². The normalized spacial score (nSPS) is 11.5. The van der Waals surface area contributed by atoms with Crippen molar-refractivity contribution < 1.29 is 4.79 Å². The third-order valence-electron chi connectivity index (χ3n) is 3.08. The van der Waals surface area contributed by atoms with Gasteiger partial charge in [0.05, 0.1) is 11.8 Å². The summed E-state index contributed by atoms with van der Waals surface area (Å²) in [6.07, 6.45) is 6.93. The van der Waals surface area contributed by atoms with E-state index in [4.69, 9.17) is 6.42 Å². The number of terminal acetylenes is 1. The highest BCUT2D eigenvalue weighted by Crippen LogP contribution is 2.26. The predicted octanol–water partition coefficient (Wildman–Crippen LogP) is 2.36. The molecule has 0 saturated heterocycles. The third-order valence-corrected chi connectivity index (χ3v) is 4.16. The van der Waals surface area contributed by atoms with E-state index in [9.17, 15) is 4.79 Å². The standard InChI is InChI=1S/C17H18N4OS/c1-4-11-18-16(22)13(3)23-17-20-19-15(21(17)12-5-2)14-9-7-6-8-10-14/h1,5-10,13H,2,11-12H2,3H3,(H,18,22). The monoisotopic (exact) mass is 326 g/mol. The Morgan fingerprint density at radius 3 is 2.87 bits per heavy atom. The van der Waals surface area contributed by atoms with Crippen molar-refractivity contribution in [2.75, 3.05) is 6.54 Å². The molecule has 23 heavy (non-hydrogen) atoms. The molecule has 0 radical (unpaired) electrons. The Kier molecular flexibility index (Phi) is 6.01. The number of rotatable bonds is 7. The Labute approximate surface area is 140 Å². The average molecular weight is 326 g/mol. The van der Waals surface area contributed by atoms with Gasteiger partial charge in [-0.2, -0.15) is 0 Å². The van der Waals surface area contributed by atoms with E-state index in [0.29, 0.717) is 11.7 Å². The molecule has 1 aromatic heterocycles. The molecular formula is C17H18N4OS. The fraction of sp³-hybridized carbons (Fsp3) is 0.235. The van der Waals surface area contributed by atoms with Gasteiger partial charge in [-0.05, 0) is 6.92 Å². The zero-order valence-corrected chi connectivity index (χ0v) is 13.7. The maximum absolute atomic E-state index is 11.9. The van der Waals surface area contributed by atoms with Gasteiger partial charge in [0, 0.05) is 12.1 Å². The second-order valence-electron chi connectivity index (χ2n) is 4.75. The first-order chi connectivity index (χ1) is 11.2. The Morgan fingerprint density at radius 2 is 2.22 bits per heavy atom. The minimum absolute atomic E-state index is 0.123. The minimum Gasteiger partial charge on any atom is -0.344 e. The molecule has 0 aliphatic heterocycles. The maximum atomic E-state index is 11.9. The number of allylic oxidation sites excluding steroid dienone is 1. The Balaban J connectivity index is 2.23. The average Bonchev–Trinajstić information content (AvgIpc) is 2.96. The molecule has 0 saturated carbocycles. The predicted molar refractivity (Wildman–Crippen MR) is 92.8 cm³/mol. The molecule has 1 heterocycles. The molecule has 0 bridgehead atoms. The number of hydrogen-bond donors (Lipinski definition) is 1. The van der Waals surface area contributed by atoms with Crippen LogP contribution in [0.2, 0.25) is 0 Å². The summed E-state index contributed by atoms with van der Waals surface area (Å²) < 4.78 is 1.94. The van der Waals surface area contributed by atoms with E-state index in [2.05, 4.69) is 28.0 Å². The molecule has 2 aromatic rings. The summed E-state index contributed by atoms with van der Waals surface area (Å²) >= 11 is 1.35. The molecule has 1 unspecified atom stereocenters. The first-order valence-electron chi connectivity index (χ1n) is 7.14. The van der Waals surface area contributed by atoms with Gasteiger partial charge in [-0.25, -0.2) is 0 Å². The lowest BCUT2D eigenvalue weighted by atomic mass is 10.2. The molecule has 1 amide bonds. The first-order valence-corrected chi connectivity index (χ1v) is 8.02. The quantitative estimate of drug-likeness (QED) is 0.482. The summed E-state index contributed by atoms with van der Waals surface area (Å²) in [7, 11) is 0. The van der Waals surface area contributed by atoms with Crippen LogP contribution in [0.1, 0.15) is 6.92 Å². The van der Waals surface area contributed by atoms with Gasteiger partial charge in [-0.3, -0.25) is 9.36 Å². The van der Waals surface area contributed by atoms with Crippen LogP contribution < -0.4 is 5.32 Å². The number of nitrogens with one attached hydrogen (secondary N) is 1. The molecule has 1 N–H and O–H groups in total. The second kappa shape index (κ2) is 8.20. The molecule has 1 atom stereocenters. The summed E-state index contributed by atoms with van der Waals surface area (Å²) in [4.78, 5) is 11.9. The van der Waals surface area contributed by atoms with E-state index < -0.39 is 0 Å². The van der Waals surface area contributed by atoms with Crippen LogP contribution in [-0.2, 0) is 11.3 Å². The molecular weight excluding hydrogens is 308 g/mol. The summed E-state index contributed by atoms with van der Waals surface area (Å²) in [6, 6.07) is 9.80. The summed E-state index contributed by atoms with van der Waals surface area (Å²) in [5.41, 5.74) is 0.970. The van der Waals surface area contributed by atoms with Crippen LogP contribution in [0.4, 0.5) is 0 Å². The molecule has 2 rings (SSSR count). The highest BCUT2D eigenvalue weighted by atomic mass is 32.2. The minimum atomic E-state index is -0.320.